The highest BCUT2D eigenvalue weighted by Crippen LogP contribution is 2.78. The smallest absolute Gasteiger partial charge is 0.164 e. The molecule has 42 heavy (non-hydrogen) atoms. The van der Waals surface area contributed by atoms with Crippen molar-refractivity contribution < 1.29 is 9.53 Å². The summed E-state index contributed by atoms with van der Waals surface area (Å²) in [4.78, 5) is 15.9. The van der Waals surface area contributed by atoms with Gasteiger partial charge in [0.25, 0.3) is 0 Å². The summed E-state index contributed by atoms with van der Waals surface area (Å²) >= 11 is 1.94. The maximum atomic E-state index is 14.3. The summed E-state index contributed by atoms with van der Waals surface area (Å²) in [6.45, 7) is 18.8. The van der Waals surface area contributed by atoms with Crippen LogP contribution in [0.25, 0.3) is 6.08 Å². The van der Waals surface area contributed by atoms with Gasteiger partial charge in [-0.2, -0.15) is 0 Å². The maximum absolute atomic E-state index is 14.3. The van der Waals surface area contributed by atoms with Crippen LogP contribution in [0.2, 0.25) is 0 Å². The van der Waals surface area contributed by atoms with Crippen molar-refractivity contribution in [3.8, 4) is 0 Å². The second-order valence-corrected chi connectivity index (χ2v) is 19.4. The number of Topliss-reactive ketones (excluding diaryl/α,β-unsaturated/α-hetero) is 1. The number of allylic oxidation sites excluding steroid dienone is 1. The van der Waals surface area contributed by atoms with Gasteiger partial charge >= 0.3 is 0 Å². The van der Waals surface area contributed by atoms with Crippen LogP contribution in [0.15, 0.2) is 11.0 Å². The van der Waals surface area contributed by atoms with E-state index in [0.29, 0.717) is 45.4 Å². The van der Waals surface area contributed by atoms with Crippen molar-refractivity contribution in [3.63, 3.8) is 0 Å². The fraction of sp³-hybridized carbons (Fsp3) is 0.821. The molecule has 1 aromatic rings. The van der Waals surface area contributed by atoms with Crippen LogP contribution in [0.4, 0.5) is 0 Å². The maximum Gasteiger partial charge on any atom is 0.164 e. The highest BCUT2D eigenvalue weighted by atomic mass is 32.1. The predicted molar refractivity (Wildman–Crippen MR) is 174 cm³/mol. The molecule has 0 N–H and O–H groups in total. The molecule has 2 bridgehead atoms. The van der Waals surface area contributed by atoms with Crippen molar-refractivity contribution in [2.75, 3.05) is 6.61 Å². The molecule has 1 saturated heterocycles. The SMILES string of the molecule is CC1(C)C(=O)C(=Cc2csc3c2CCCC3)C[C@@]2(C)C1CC[C@]1(C)C2CCC2C3[C@H]4OC[C@@]3(CCC4(C)C)CC[C@]21C. The van der Waals surface area contributed by atoms with E-state index in [1.165, 1.54) is 82.6 Å². The third-order valence-electron chi connectivity index (χ3n) is 16.1. The van der Waals surface area contributed by atoms with Gasteiger partial charge in [-0.05, 0) is 162 Å². The number of thiophene rings is 1. The number of hydrogen-bond donors (Lipinski definition) is 0. The van der Waals surface area contributed by atoms with Crippen molar-refractivity contribution in [2.24, 2.45) is 56.2 Å². The molecule has 8 rings (SSSR count). The monoisotopic (exact) mass is 588 g/mol. The molecule has 2 nitrogen and oxygen atoms in total. The van der Waals surface area contributed by atoms with Crippen LogP contribution in [-0.2, 0) is 22.4 Å². The van der Waals surface area contributed by atoms with Crippen molar-refractivity contribution >= 4 is 23.2 Å². The van der Waals surface area contributed by atoms with Gasteiger partial charge < -0.3 is 4.74 Å². The standard InChI is InChI=1S/C39H56O2S/c1-34(2)16-18-39-19-17-37(6)27(31(39)33(34)41-23-39)12-13-30-36(5)21-24(20-25-22-42-28-11-9-8-10-26(25)28)32(40)35(3,4)29(36)14-15-38(30,37)7/h20,22,27,29-31,33H,8-19,21,23H2,1-7H3/t27?,29?,30?,31?,33-,36+,37-,38-,39-/m1/s1. The van der Waals surface area contributed by atoms with Gasteiger partial charge in [0.2, 0.25) is 0 Å². The molecule has 0 aromatic carbocycles. The molecule has 0 radical (unpaired) electrons. The molecule has 6 fully saturated rings. The van der Waals surface area contributed by atoms with E-state index in [9.17, 15) is 4.79 Å². The number of carbonyl (C=O) groups excluding carboxylic acids is 1. The van der Waals surface area contributed by atoms with E-state index in [-0.39, 0.29) is 10.8 Å². The third kappa shape index (κ3) is 3.45. The third-order valence-corrected chi connectivity index (χ3v) is 17.2. The lowest BCUT2D eigenvalue weighted by atomic mass is 9.31. The van der Waals surface area contributed by atoms with Gasteiger partial charge in [0.1, 0.15) is 0 Å². The molecule has 7 aliphatic rings. The van der Waals surface area contributed by atoms with Crippen LogP contribution in [0.5, 0.6) is 0 Å². The van der Waals surface area contributed by atoms with Crippen LogP contribution < -0.4 is 0 Å². The van der Waals surface area contributed by atoms with Crippen LogP contribution in [0.1, 0.15) is 135 Å². The molecular formula is C39H56O2S. The number of fused-ring (bicyclic) bond motifs is 6. The normalized spacial score (nSPS) is 49.5. The summed E-state index contributed by atoms with van der Waals surface area (Å²) in [5.41, 5.74) is 5.40. The number of aryl methyl sites for hydroxylation is 1. The first kappa shape index (κ1) is 28.5. The second-order valence-electron chi connectivity index (χ2n) is 18.5. The van der Waals surface area contributed by atoms with Crippen LogP contribution >= 0.6 is 11.3 Å². The zero-order valence-corrected chi connectivity index (χ0v) is 28.5. The Morgan fingerprint density at radius 2 is 1.62 bits per heavy atom. The summed E-state index contributed by atoms with van der Waals surface area (Å²) in [7, 11) is 0. The van der Waals surface area contributed by atoms with E-state index >= 15 is 0 Å². The van der Waals surface area contributed by atoms with Crippen LogP contribution in [0.3, 0.4) is 0 Å². The molecule has 5 saturated carbocycles. The Kier molecular flexibility index (Phi) is 6.02. The van der Waals surface area contributed by atoms with Crippen molar-refractivity contribution in [2.45, 2.75) is 138 Å². The van der Waals surface area contributed by atoms with Gasteiger partial charge in [-0.1, -0.05) is 48.5 Å². The van der Waals surface area contributed by atoms with E-state index in [4.69, 9.17) is 4.74 Å². The number of ether oxygens (including phenoxy) is 1. The van der Waals surface area contributed by atoms with Gasteiger partial charge in [0.05, 0.1) is 12.7 Å². The van der Waals surface area contributed by atoms with E-state index < -0.39 is 0 Å². The molecular weight excluding hydrogens is 532 g/mol. The molecule has 4 unspecified atom stereocenters. The lowest BCUT2D eigenvalue weighted by molar-refractivity contribution is -0.236. The molecule has 9 atom stereocenters. The van der Waals surface area contributed by atoms with Crippen LogP contribution in [-0.4, -0.2) is 18.5 Å². The molecule has 0 amide bonds. The van der Waals surface area contributed by atoms with Crippen molar-refractivity contribution in [1.82, 2.24) is 0 Å². The Balaban J connectivity index is 1.18. The first-order valence-electron chi connectivity index (χ1n) is 17.7. The fourth-order valence-electron chi connectivity index (χ4n) is 13.8. The minimum atomic E-state index is -0.287. The van der Waals surface area contributed by atoms with Crippen molar-refractivity contribution in [3.05, 3.63) is 27.0 Å². The Morgan fingerprint density at radius 1 is 0.857 bits per heavy atom. The summed E-state index contributed by atoms with van der Waals surface area (Å²) in [5.74, 6) is 3.13. The van der Waals surface area contributed by atoms with E-state index in [0.717, 1.165) is 30.4 Å². The summed E-state index contributed by atoms with van der Waals surface area (Å²) in [5, 5.41) is 2.37. The molecule has 230 valence electrons. The molecule has 1 aliphatic heterocycles. The lowest BCUT2D eigenvalue weighted by Gasteiger charge is -2.73. The topological polar surface area (TPSA) is 26.3 Å². The highest BCUT2D eigenvalue weighted by molar-refractivity contribution is 7.10. The fourth-order valence-corrected chi connectivity index (χ4v) is 14.9. The van der Waals surface area contributed by atoms with Gasteiger partial charge in [0, 0.05) is 10.3 Å². The number of rotatable bonds is 1. The predicted octanol–water partition coefficient (Wildman–Crippen LogP) is 10.1. The zero-order valence-electron chi connectivity index (χ0n) is 27.7. The minimum absolute atomic E-state index is 0.177. The molecule has 1 aromatic heterocycles. The van der Waals surface area contributed by atoms with Crippen LogP contribution in [0, 0.1) is 56.2 Å². The quantitative estimate of drug-likeness (QED) is 0.305. The molecule has 2 heterocycles. The highest BCUT2D eigenvalue weighted by Gasteiger charge is 2.73. The summed E-state index contributed by atoms with van der Waals surface area (Å²) in [6, 6.07) is 0. The largest absolute Gasteiger partial charge is 0.377 e. The lowest BCUT2D eigenvalue weighted by Crippen LogP contribution is -2.67. The minimum Gasteiger partial charge on any atom is -0.377 e. The first-order valence-corrected chi connectivity index (χ1v) is 18.6. The molecule has 3 heteroatoms. The Labute approximate surface area is 259 Å². The van der Waals surface area contributed by atoms with E-state index in [1.807, 2.05) is 11.3 Å². The van der Waals surface area contributed by atoms with E-state index in [1.54, 1.807) is 10.4 Å². The Morgan fingerprint density at radius 3 is 2.43 bits per heavy atom. The Bertz CT molecular complexity index is 1350. The second kappa shape index (κ2) is 8.86. The Hall–Kier alpha value is -0.930. The van der Waals surface area contributed by atoms with Gasteiger partial charge in [-0.3, -0.25) is 4.79 Å². The zero-order chi connectivity index (χ0) is 29.5. The number of ketones is 1. The van der Waals surface area contributed by atoms with Gasteiger partial charge in [-0.25, -0.2) is 0 Å². The van der Waals surface area contributed by atoms with E-state index in [2.05, 4.69) is 59.9 Å². The van der Waals surface area contributed by atoms with Gasteiger partial charge in [-0.15, -0.1) is 11.3 Å². The average molecular weight is 589 g/mol. The summed E-state index contributed by atoms with van der Waals surface area (Å²) in [6.07, 6.45) is 19.5. The number of carbonyl (C=O) groups is 1. The summed E-state index contributed by atoms with van der Waals surface area (Å²) < 4.78 is 6.80. The molecule has 6 aliphatic carbocycles. The number of hydrogen-bond acceptors (Lipinski definition) is 3. The average Bonchev–Trinajstić information content (AvgIpc) is 3.50. The van der Waals surface area contributed by atoms with Crippen molar-refractivity contribution in [1.29, 1.82) is 0 Å². The van der Waals surface area contributed by atoms with Gasteiger partial charge in [0.15, 0.2) is 5.78 Å². The molecule has 0 spiro atoms. The first-order chi connectivity index (χ1) is 19.8.